The Bertz CT molecular complexity index is 333. The van der Waals surface area contributed by atoms with Gasteiger partial charge in [-0.05, 0) is 39.0 Å². The Morgan fingerprint density at radius 3 is 2.14 bits per heavy atom. The van der Waals surface area contributed by atoms with Crippen molar-refractivity contribution in [3.05, 3.63) is 0 Å². The Balaban J connectivity index is 1.98. The van der Waals surface area contributed by atoms with Gasteiger partial charge in [0.2, 0.25) is 0 Å². The van der Waals surface area contributed by atoms with Crippen LogP contribution < -0.4 is 5.32 Å². The van der Waals surface area contributed by atoms with E-state index in [1.54, 1.807) is 0 Å². The summed E-state index contributed by atoms with van der Waals surface area (Å²) in [6, 6.07) is 0. The molecule has 0 aromatic rings. The van der Waals surface area contributed by atoms with Gasteiger partial charge in [-0.15, -0.1) is 0 Å². The van der Waals surface area contributed by atoms with Gasteiger partial charge in [0.15, 0.2) is 0 Å². The minimum atomic E-state index is -0.560. The van der Waals surface area contributed by atoms with Crippen LogP contribution >= 0.6 is 0 Å². The van der Waals surface area contributed by atoms with Crippen LogP contribution in [0.5, 0.6) is 0 Å². The molecule has 2 fully saturated rings. The molecule has 21 heavy (non-hydrogen) atoms. The molecular formula is C17H34N2OS. The molecule has 2 aliphatic rings. The fourth-order valence-corrected chi connectivity index (χ4v) is 4.76. The first-order valence-corrected chi connectivity index (χ1v) is 10.2. The topological polar surface area (TPSA) is 32.3 Å². The number of nitrogens with one attached hydrogen (secondary N) is 1. The summed E-state index contributed by atoms with van der Waals surface area (Å²) in [5.41, 5.74) is 0.630. The van der Waals surface area contributed by atoms with Gasteiger partial charge in [-0.3, -0.25) is 4.21 Å². The van der Waals surface area contributed by atoms with Crippen molar-refractivity contribution in [2.24, 2.45) is 5.41 Å². The van der Waals surface area contributed by atoms with Crippen molar-refractivity contribution in [1.29, 1.82) is 0 Å². The minimum absolute atomic E-state index is 0.197. The van der Waals surface area contributed by atoms with Crippen molar-refractivity contribution in [2.45, 2.75) is 64.8 Å². The third-order valence-electron chi connectivity index (χ3n) is 4.99. The second kappa shape index (κ2) is 7.56. The molecule has 1 saturated carbocycles. The van der Waals surface area contributed by atoms with Crippen molar-refractivity contribution < 1.29 is 4.21 Å². The number of hydrogen-bond acceptors (Lipinski definition) is 3. The van der Waals surface area contributed by atoms with E-state index in [1.807, 2.05) is 0 Å². The smallest absolute Gasteiger partial charge is 0.0363 e. The van der Waals surface area contributed by atoms with Gasteiger partial charge in [0.05, 0.1) is 0 Å². The highest BCUT2D eigenvalue weighted by molar-refractivity contribution is 7.85. The monoisotopic (exact) mass is 314 g/mol. The average Bonchev–Trinajstić information content (AvgIpc) is 2.65. The average molecular weight is 315 g/mol. The lowest BCUT2D eigenvalue weighted by Crippen LogP contribution is -2.51. The van der Waals surface area contributed by atoms with E-state index in [0.29, 0.717) is 5.41 Å². The minimum Gasteiger partial charge on any atom is -0.311 e. The van der Waals surface area contributed by atoms with Gasteiger partial charge in [0.25, 0.3) is 0 Å². The molecule has 0 unspecified atom stereocenters. The summed E-state index contributed by atoms with van der Waals surface area (Å²) < 4.78 is 11.6. The normalized spacial score (nSPS) is 25.7. The molecule has 3 nitrogen and oxygen atoms in total. The zero-order valence-corrected chi connectivity index (χ0v) is 15.1. The first-order chi connectivity index (χ1) is 9.89. The van der Waals surface area contributed by atoms with Crippen LogP contribution in [-0.2, 0) is 10.8 Å². The molecule has 4 heteroatoms. The van der Waals surface area contributed by atoms with Gasteiger partial charge >= 0.3 is 0 Å². The van der Waals surface area contributed by atoms with E-state index in [2.05, 4.69) is 31.0 Å². The molecular weight excluding hydrogens is 280 g/mol. The SMILES string of the molecule is CC(C)(C)NCC1(CN2CCS(=O)CC2)CCCCCC1. The molecule has 1 saturated heterocycles. The zero-order chi connectivity index (χ0) is 15.3. The molecule has 1 heterocycles. The summed E-state index contributed by atoms with van der Waals surface area (Å²) in [7, 11) is -0.560. The van der Waals surface area contributed by atoms with Crippen LogP contribution in [0, 0.1) is 5.41 Å². The van der Waals surface area contributed by atoms with E-state index in [0.717, 1.165) is 31.1 Å². The molecule has 1 aliphatic carbocycles. The van der Waals surface area contributed by atoms with Crippen LogP contribution in [0.15, 0.2) is 0 Å². The fourth-order valence-electron chi connectivity index (χ4n) is 3.63. The summed E-state index contributed by atoms with van der Waals surface area (Å²) in [6.45, 7) is 11.2. The van der Waals surface area contributed by atoms with Crippen molar-refractivity contribution in [1.82, 2.24) is 10.2 Å². The molecule has 0 spiro atoms. The standard InChI is InChI=1S/C17H34N2OS/c1-16(2,3)18-14-17(8-6-4-5-7-9-17)15-19-10-12-21(20)13-11-19/h18H,4-15H2,1-3H3. The molecule has 1 N–H and O–H groups in total. The predicted molar refractivity (Wildman–Crippen MR) is 92.2 cm³/mol. The van der Waals surface area contributed by atoms with Crippen LogP contribution in [0.3, 0.4) is 0 Å². The third kappa shape index (κ3) is 5.99. The van der Waals surface area contributed by atoms with Crippen LogP contribution in [0.2, 0.25) is 0 Å². The van der Waals surface area contributed by atoms with Crippen molar-refractivity contribution in [2.75, 3.05) is 37.7 Å². The Morgan fingerprint density at radius 1 is 1.05 bits per heavy atom. The molecule has 0 aromatic carbocycles. The molecule has 0 aromatic heterocycles. The second-order valence-electron chi connectivity index (χ2n) is 8.14. The van der Waals surface area contributed by atoms with E-state index in [4.69, 9.17) is 0 Å². The molecule has 0 atom stereocenters. The van der Waals surface area contributed by atoms with E-state index < -0.39 is 10.8 Å². The van der Waals surface area contributed by atoms with Crippen molar-refractivity contribution >= 4 is 10.8 Å². The van der Waals surface area contributed by atoms with Gasteiger partial charge < -0.3 is 10.2 Å². The van der Waals surface area contributed by atoms with E-state index in [9.17, 15) is 4.21 Å². The number of rotatable bonds is 4. The summed E-state index contributed by atoms with van der Waals surface area (Å²) in [5.74, 6) is 1.76. The predicted octanol–water partition coefficient (Wildman–Crippen LogP) is 2.78. The summed E-state index contributed by atoms with van der Waals surface area (Å²) in [4.78, 5) is 2.58. The largest absolute Gasteiger partial charge is 0.311 e. The van der Waals surface area contributed by atoms with Crippen LogP contribution in [0.1, 0.15) is 59.3 Å². The first-order valence-electron chi connectivity index (χ1n) is 8.71. The lowest BCUT2D eigenvalue weighted by molar-refractivity contribution is 0.125. The van der Waals surface area contributed by atoms with Gasteiger partial charge in [-0.25, -0.2) is 0 Å². The van der Waals surface area contributed by atoms with Crippen molar-refractivity contribution in [3.8, 4) is 0 Å². The zero-order valence-electron chi connectivity index (χ0n) is 14.2. The molecule has 0 bridgehead atoms. The Hall–Kier alpha value is 0.0700. The van der Waals surface area contributed by atoms with E-state index in [-0.39, 0.29) is 5.54 Å². The maximum absolute atomic E-state index is 11.6. The van der Waals surface area contributed by atoms with Crippen LogP contribution in [0.25, 0.3) is 0 Å². The van der Waals surface area contributed by atoms with Crippen molar-refractivity contribution in [3.63, 3.8) is 0 Å². The lowest BCUT2D eigenvalue weighted by atomic mass is 9.79. The molecule has 2 rings (SSSR count). The molecule has 1 aliphatic heterocycles. The molecule has 124 valence electrons. The summed E-state index contributed by atoms with van der Waals surface area (Å²) >= 11 is 0. The third-order valence-corrected chi connectivity index (χ3v) is 6.26. The maximum atomic E-state index is 11.6. The highest BCUT2D eigenvalue weighted by atomic mass is 32.2. The van der Waals surface area contributed by atoms with Crippen LogP contribution in [-0.4, -0.2) is 52.3 Å². The highest BCUT2D eigenvalue weighted by Gasteiger charge is 2.34. The quantitative estimate of drug-likeness (QED) is 0.810. The van der Waals surface area contributed by atoms with Gasteiger partial charge in [0.1, 0.15) is 0 Å². The van der Waals surface area contributed by atoms with E-state index in [1.165, 1.54) is 45.1 Å². The first kappa shape index (κ1) is 17.4. The summed E-state index contributed by atoms with van der Waals surface area (Å²) in [5, 5.41) is 3.77. The maximum Gasteiger partial charge on any atom is 0.0363 e. The second-order valence-corrected chi connectivity index (χ2v) is 9.84. The number of hydrogen-bond donors (Lipinski definition) is 1. The molecule has 0 radical (unpaired) electrons. The Labute approximate surface area is 133 Å². The van der Waals surface area contributed by atoms with Gasteiger partial charge in [-0.1, -0.05) is 25.7 Å². The van der Waals surface area contributed by atoms with Crippen LogP contribution in [0.4, 0.5) is 0 Å². The number of nitrogens with zero attached hydrogens (tertiary/aromatic N) is 1. The summed E-state index contributed by atoms with van der Waals surface area (Å²) in [6.07, 6.45) is 8.28. The lowest BCUT2D eigenvalue weighted by Gasteiger charge is -2.41. The fraction of sp³-hybridized carbons (Fsp3) is 1.00. The van der Waals surface area contributed by atoms with E-state index >= 15 is 0 Å². The van der Waals surface area contributed by atoms with Gasteiger partial charge in [0, 0.05) is 54.0 Å². The molecule has 0 amide bonds. The Kier molecular flexibility index (Phi) is 6.27. The van der Waals surface area contributed by atoms with Gasteiger partial charge in [-0.2, -0.15) is 0 Å². The highest BCUT2D eigenvalue weighted by Crippen LogP contribution is 2.36. The Morgan fingerprint density at radius 2 is 1.62 bits per heavy atom.